The summed E-state index contributed by atoms with van der Waals surface area (Å²) < 4.78 is 5.85. The van der Waals surface area contributed by atoms with E-state index in [4.69, 9.17) is 32.8 Å². The van der Waals surface area contributed by atoms with Gasteiger partial charge in [0.1, 0.15) is 12.4 Å². The zero-order chi connectivity index (χ0) is 20.5. The molecule has 0 atom stereocenters. The topological polar surface area (TPSA) is 59.9 Å². The number of carbonyl (C=O) groups excluding carboxylic acids is 1. The van der Waals surface area contributed by atoms with Crippen LogP contribution in [0.4, 0.5) is 5.69 Å². The largest absolute Gasteiger partial charge is 0.488 e. The summed E-state index contributed by atoms with van der Waals surface area (Å²) in [7, 11) is 0. The molecular weight excluding hydrogens is 411 g/mol. The first-order chi connectivity index (χ1) is 14.1. The lowest BCUT2D eigenvalue weighted by atomic mass is 10.2. The van der Waals surface area contributed by atoms with E-state index >= 15 is 0 Å². The Balaban J connectivity index is 1.57. The molecule has 148 valence electrons. The molecule has 0 spiro atoms. The summed E-state index contributed by atoms with van der Waals surface area (Å²) in [6.07, 6.45) is 1.45. The van der Waals surface area contributed by atoms with Gasteiger partial charge in [0.2, 0.25) is 0 Å². The van der Waals surface area contributed by atoms with Gasteiger partial charge in [0.25, 0.3) is 5.91 Å². The predicted octanol–water partition coefficient (Wildman–Crippen LogP) is 5.56. The van der Waals surface area contributed by atoms with Crippen LogP contribution >= 0.6 is 23.2 Å². The average Bonchev–Trinajstić information content (AvgIpc) is 2.72. The zero-order valence-corrected chi connectivity index (χ0v) is 16.9. The standard InChI is InChI=1S/C22H18Cl2N2O3/c23-18-10-11-21(28-14-16-6-4-5-9-20(16)24)17(12-18)13-25-29-15-22(27)26-19-7-2-1-3-8-19/h1-13H,14-15H2,(H,26,27)/b25-13+. The minimum absolute atomic E-state index is 0.220. The summed E-state index contributed by atoms with van der Waals surface area (Å²) in [5, 5.41) is 7.71. The second-order valence-corrected chi connectivity index (χ2v) is 6.83. The zero-order valence-electron chi connectivity index (χ0n) is 15.3. The van der Waals surface area contributed by atoms with Crippen molar-refractivity contribution in [2.45, 2.75) is 6.61 Å². The Bertz CT molecular complexity index is 994. The lowest BCUT2D eigenvalue weighted by Gasteiger charge is -2.10. The first-order valence-electron chi connectivity index (χ1n) is 8.78. The molecule has 1 amide bonds. The molecule has 5 nitrogen and oxygen atoms in total. The van der Waals surface area contributed by atoms with Crippen molar-refractivity contribution >= 4 is 41.0 Å². The van der Waals surface area contributed by atoms with Gasteiger partial charge in [0.15, 0.2) is 6.61 Å². The Morgan fingerprint density at radius 3 is 2.55 bits per heavy atom. The number of hydrogen-bond donors (Lipinski definition) is 1. The highest BCUT2D eigenvalue weighted by Gasteiger charge is 2.06. The van der Waals surface area contributed by atoms with Gasteiger partial charge in [-0.3, -0.25) is 4.79 Å². The number of oxime groups is 1. The second-order valence-electron chi connectivity index (χ2n) is 5.98. The van der Waals surface area contributed by atoms with Crippen LogP contribution in [0, 0.1) is 0 Å². The normalized spacial score (nSPS) is 10.7. The number of carbonyl (C=O) groups is 1. The van der Waals surface area contributed by atoms with Gasteiger partial charge >= 0.3 is 0 Å². The maximum atomic E-state index is 11.9. The van der Waals surface area contributed by atoms with E-state index in [-0.39, 0.29) is 12.5 Å². The Morgan fingerprint density at radius 2 is 1.76 bits per heavy atom. The molecule has 29 heavy (non-hydrogen) atoms. The molecule has 0 aliphatic rings. The van der Waals surface area contributed by atoms with Gasteiger partial charge in [-0.15, -0.1) is 0 Å². The van der Waals surface area contributed by atoms with E-state index in [1.54, 1.807) is 36.4 Å². The van der Waals surface area contributed by atoms with Crippen LogP contribution in [-0.4, -0.2) is 18.7 Å². The highest BCUT2D eigenvalue weighted by atomic mass is 35.5. The molecule has 1 N–H and O–H groups in total. The Labute approximate surface area is 178 Å². The number of anilines is 1. The summed E-state index contributed by atoms with van der Waals surface area (Å²) >= 11 is 12.2. The third kappa shape index (κ3) is 6.52. The molecule has 0 saturated heterocycles. The van der Waals surface area contributed by atoms with Crippen molar-refractivity contribution in [3.63, 3.8) is 0 Å². The molecule has 0 bridgehead atoms. The number of nitrogens with zero attached hydrogens (tertiary/aromatic N) is 1. The molecule has 0 heterocycles. The van der Waals surface area contributed by atoms with Crippen molar-refractivity contribution in [2.24, 2.45) is 5.16 Å². The van der Waals surface area contributed by atoms with Crippen molar-refractivity contribution in [2.75, 3.05) is 11.9 Å². The molecule has 0 aromatic heterocycles. The Hall–Kier alpha value is -3.02. The van der Waals surface area contributed by atoms with Gasteiger partial charge in [-0.2, -0.15) is 0 Å². The van der Waals surface area contributed by atoms with Gasteiger partial charge in [-0.25, -0.2) is 0 Å². The molecule has 3 rings (SSSR count). The van der Waals surface area contributed by atoms with Gasteiger partial charge in [-0.05, 0) is 36.4 Å². The van der Waals surface area contributed by atoms with Gasteiger partial charge in [0, 0.05) is 26.9 Å². The Kier molecular flexibility index (Phi) is 7.50. The van der Waals surface area contributed by atoms with Crippen LogP contribution < -0.4 is 10.1 Å². The second kappa shape index (κ2) is 10.5. The highest BCUT2D eigenvalue weighted by molar-refractivity contribution is 6.31. The van der Waals surface area contributed by atoms with Crippen molar-refractivity contribution in [3.05, 3.63) is 94.0 Å². The van der Waals surface area contributed by atoms with Crippen molar-refractivity contribution in [1.29, 1.82) is 0 Å². The van der Waals surface area contributed by atoms with Crippen LogP contribution in [0.15, 0.2) is 78.0 Å². The van der Waals surface area contributed by atoms with Crippen molar-refractivity contribution in [3.8, 4) is 5.75 Å². The lowest BCUT2D eigenvalue weighted by Crippen LogP contribution is -2.16. The molecule has 3 aromatic rings. The number of rotatable bonds is 8. The number of nitrogens with one attached hydrogen (secondary N) is 1. The van der Waals surface area contributed by atoms with Gasteiger partial charge in [0.05, 0.1) is 6.21 Å². The summed E-state index contributed by atoms with van der Waals surface area (Å²) in [6.45, 7) is 0.0737. The van der Waals surface area contributed by atoms with Crippen LogP contribution in [-0.2, 0) is 16.2 Å². The Morgan fingerprint density at radius 1 is 1.00 bits per heavy atom. The molecule has 0 saturated carbocycles. The van der Waals surface area contributed by atoms with Crippen LogP contribution in [0.1, 0.15) is 11.1 Å². The number of para-hydroxylation sites is 1. The highest BCUT2D eigenvalue weighted by Crippen LogP contribution is 2.24. The number of amides is 1. The molecule has 0 aliphatic carbocycles. The summed E-state index contributed by atoms with van der Waals surface area (Å²) in [5.74, 6) is 0.255. The average molecular weight is 429 g/mol. The van der Waals surface area contributed by atoms with Crippen LogP contribution in [0.3, 0.4) is 0 Å². The monoisotopic (exact) mass is 428 g/mol. The van der Waals surface area contributed by atoms with E-state index < -0.39 is 0 Å². The third-order valence-corrected chi connectivity index (χ3v) is 4.44. The van der Waals surface area contributed by atoms with E-state index in [0.29, 0.717) is 33.7 Å². The molecular formula is C22H18Cl2N2O3. The fourth-order valence-corrected chi connectivity index (χ4v) is 2.80. The minimum Gasteiger partial charge on any atom is -0.488 e. The summed E-state index contributed by atoms with van der Waals surface area (Å²) in [6, 6.07) is 21.7. The minimum atomic E-state index is -0.311. The van der Waals surface area contributed by atoms with E-state index in [0.717, 1.165) is 5.56 Å². The maximum Gasteiger partial charge on any atom is 0.265 e. The van der Waals surface area contributed by atoms with E-state index in [9.17, 15) is 4.79 Å². The molecule has 0 aliphatic heterocycles. The third-order valence-electron chi connectivity index (χ3n) is 3.83. The van der Waals surface area contributed by atoms with Gasteiger partial charge in [-0.1, -0.05) is 64.8 Å². The summed E-state index contributed by atoms with van der Waals surface area (Å²) in [5.41, 5.74) is 2.17. The first kappa shape index (κ1) is 20.7. The fraction of sp³-hybridized carbons (Fsp3) is 0.0909. The van der Waals surface area contributed by atoms with E-state index in [2.05, 4.69) is 10.5 Å². The molecule has 0 unspecified atom stereocenters. The van der Waals surface area contributed by atoms with Crippen molar-refractivity contribution < 1.29 is 14.4 Å². The quantitative estimate of drug-likeness (QED) is 0.377. The van der Waals surface area contributed by atoms with Crippen LogP contribution in [0.2, 0.25) is 10.0 Å². The number of benzene rings is 3. The lowest BCUT2D eigenvalue weighted by molar-refractivity contribution is -0.120. The molecule has 0 fully saturated rings. The fourth-order valence-electron chi connectivity index (χ4n) is 2.43. The van der Waals surface area contributed by atoms with Gasteiger partial charge < -0.3 is 14.9 Å². The predicted molar refractivity (Wildman–Crippen MR) is 116 cm³/mol. The number of ether oxygens (including phenoxy) is 1. The first-order valence-corrected chi connectivity index (χ1v) is 9.53. The smallest absolute Gasteiger partial charge is 0.265 e. The molecule has 0 radical (unpaired) electrons. The van der Waals surface area contributed by atoms with Crippen molar-refractivity contribution in [1.82, 2.24) is 0 Å². The van der Waals surface area contributed by atoms with Crippen LogP contribution in [0.5, 0.6) is 5.75 Å². The molecule has 3 aromatic carbocycles. The summed E-state index contributed by atoms with van der Waals surface area (Å²) in [4.78, 5) is 17.0. The van der Waals surface area contributed by atoms with Crippen LogP contribution in [0.25, 0.3) is 0 Å². The van der Waals surface area contributed by atoms with E-state index in [1.165, 1.54) is 6.21 Å². The number of halogens is 2. The maximum absolute atomic E-state index is 11.9. The van der Waals surface area contributed by atoms with E-state index in [1.807, 2.05) is 36.4 Å². The molecule has 7 heteroatoms. The SMILES string of the molecule is O=C(CO/N=C/c1cc(Cl)ccc1OCc1ccccc1Cl)Nc1ccccc1. The number of hydrogen-bond acceptors (Lipinski definition) is 4.